The Morgan fingerprint density at radius 1 is 2.00 bits per heavy atom. The summed E-state index contributed by atoms with van der Waals surface area (Å²) in [6.45, 7) is 0. The number of rotatable bonds is 0. The van der Waals surface area contributed by atoms with Crippen molar-refractivity contribution < 1.29 is 0 Å². The Bertz CT molecular complexity index is 102. The van der Waals surface area contributed by atoms with Gasteiger partial charge in [0.25, 0.3) is 0 Å². The van der Waals surface area contributed by atoms with Crippen LogP contribution in [0.5, 0.6) is 0 Å². The Kier molecular flexibility index (Phi) is 2.59. The van der Waals surface area contributed by atoms with Gasteiger partial charge in [0.2, 0.25) is 0 Å². The summed E-state index contributed by atoms with van der Waals surface area (Å²) in [4.78, 5) is 0. The first-order valence-electron chi connectivity index (χ1n) is 2.13. The molecule has 0 saturated carbocycles. The van der Waals surface area contributed by atoms with Crippen LogP contribution >= 0.6 is 27.5 Å². The molecule has 1 radical (unpaired) electrons. The molecule has 0 bridgehead atoms. The number of hydrogen-bond donors (Lipinski definition) is 0. The number of allylic oxidation sites excluding steroid dienone is 2. The predicted molar refractivity (Wildman–Crippen MR) is 37.2 cm³/mol. The summed E-state index contributed by atoms with van der Waals surface area (Å²) < 4.78 is 1.97. The van der Waals surface area contributed by atoms with Crippen LogP contribution in [0.25, 0.3) is 0 Å². The van der Waals surface area contributed by atoms with E-state index in [1.165, 1.54) is 4.18 Å². The van der Waals surface area contributed by atoms with E-state index < -0.39 is 0 Å². The number of alkyl halides is 1. The quantitative estimate of drug-likeness (QED) is 0.596. The Morgan fingerprint density at radius 2 is 2.71 bits per heavy atom. The Balaban J connectivity index is 2.54. The maximum absolute atomic E-state index is 5.72. The third-order valence-electron chi connectivity index (χ3n) is 0.919. The molecule has 0 saturated heterocycles. The van der Waals surface area contributed by atoms with Crippen molar-refractivity contribution in [1.82, 2.24) is 0 Å². The minimum atomic E-state index is -0.275. The Morgan fingerprint density at radius 3 is 2.86 bits per heavy atom. The van der Waals surface area contributed by atoms with E-state index in [0.717, 1.165) is 5.03 Å². The van der Waals surface area contributed by atoms with Gasteiger partial charge in [0.1, 0.15) is 0 Å². The molecule has 1 unspecified atom stereocenters. The molecule has 0 aromatic rings. The van der Waals surface area contributed by atoms with Crippen LogP contribution in [0.1, 0.15) is 0 Å². The van der Waals surface area contributed by atoms with E-state index in [4.69, 9.17) is 11.6 Å². The molecule has 1 aliphatic rings. The van der Waals surface area contributed by atoms with Crippen LogP contribution in [-0.2, 0) is 0 Å². The zero-order chi connectivity index (χ0) is 5.28. The van der Waals surface area contributed by atoms with E-state index in [9.17, 15) is 0 Å². The SMILES string of the molecule is ClC1=C[CH2][In][CH]1Br. The normalized spacial score (nSPS) is 29.4. The fourth-order valence-electron chi connectivity index (χ4n) is 0.525. The van der Waals surface area contributed by atoms with Crippen LogP contribution in [0.15, 0.2) is 11.1 Å². The van der Waals surface area contributed by atoms with Crippen molar-refractivity contribution >= 4 is 50.4 Å². The molecule has 7 heavy (non-hydrogen) atoms. The first kappa shape index (κ1) is 6.50. The molecular weight excluding hydrogens is 278 g/mol. The molecule has 0 nitrogen and oxygen atoms in total. The van der Waals surface area contributed by atoms with Crippen LogP contribution in [0, 0.1) is 0 Å². The molecule has 0 aliphatic carbocycles. The molecule has 0 amide bonds. The van der Waals surface area contributed by atoms with E-state index in [2.05, 4.69) is 22.0 Å². The summed E-state index contributed by atoms with van der Waals surface area (Å²) in [5.41, 5.74) is 0. The average Bonchev–Trinajstić information content (AvgIpc) is 1.91. The molecule has 1 heterocycles. The summed E-state index contributed by atoms with van der Waals surface area (Å²) in [6, 6.07) is 0. The van der Waals surface area contributed by atoms with Crippen molar-refractivity contribution in [2.75, 3.05) is 0 Å². The van der Waals surface area contributed by atoms with Gasteiger partial charge in [0.05, 0.1) is 0 Å². The molecule has 0 spiro atoms. The average molecular weight is 282 g/mol. The summed E-state index contributed by atoms with van der Waals surface area (Å²) in [7, 11) is 0. The van der Waals surface area contributed by atoms with Gasteiger partial charge in [-0.15, -0.1) is 0 Å². The summed E-state index contributed by atoms with van der Waals surface area (Å²) in [5, 5.41) is 1.06. The number of halogens is 2. The molecule has 1 aliphatic heterocycles. The zero-order valence-corrected chi connectivity index (χ0v) is 9.33. The molecule has 1 rings (SSSR count). The minimum absolute atomic E-state index is 0.275. The Hall–Kier alpha value is 1.38. The van der Waals surface area contributed by atoms with Crippen LogP contribution in [-0.4, -0.2) is 25.5 Å². The fourth-order valence-corrected chi connectivity index (χ4v) is 6.10. The first-order chi connectivity index (χ1) is 3.30. The van der Waals surface area contributed by atoms with Crippen molar-refractivity contribution in [3.63, 3.8) is 0 Å². The van der Waals surface area contributed by atoms with Gasteiger partial charge in [0, 0.05) is 0 Å². The van der Waals surface area contributed by atoms with E-state index >= 15 is 0 Å². The third kappa shape index (κ3) is 1.65. The summed E-state index contributed by atoms with van der Waals surface area (Å²) >= 11 is 8.94. The second kappa shape index (κ2) is 2.79. The maximum atomic E-state index is 5.72. The Labute approximate surface area is 67.8 Å². The second-order valence-electron chi connectivity index (χ2n) is 1.46. The van der Waals surface area contributed by atoms with Crippen molar-refractivity contribution in [2.24, 2.45) is 0 Å². The van der Waals surface area contributed by atoms with Gasteiger partial charge in [-0.1, -0.05) is 0 Å². The van der Waals surface area contributed by atoms with E-state index in [-0.39, 0.29) is 22.9 Å². The number of hydrogen-bond acceptors (Lipinski definition) is 0. The standard InChI is InChI=1S/C4H4BrCl.In/c1-2-4(6)3-5;/h2-3H,1H2;. The second-order valence-corrected chi connectivity index (χ2v) is 10.3. The van der Waals surface area contributed by atoms with Crippen LogP contribution in [0.3, 0.4) is 0 Å². The topological polar surface area (TPSA) is 0 Å². The van der Waals surface area contributed by atoms with E-state index in [0.29, 0.717) is 2.58 Å². The van der Waals surface area contributed by atoms with Gasteiger partial charge in [-0.05, 0) is 0 Å². The molecule has 0 N–H and O–H groups in total. The van der Waals surface area contributed by atoms with E-state index in [1.54, 1.807) is 0 Å². The van der Waals surface area contributed by atoms with Gasteiger partial charge in [-0.25, -0.2) is 0 Å². The molecule has 3 heteroatoms. The van der Waals surface area contributed by atoms with Crippen molar-refractivity contribution in [2.45, 2.75) is 6.76 Å². The molecule has 37 valence electrons. The first-order valence-corrected chi connectivity index (χ1v) is 7.66. The predicted octanol–water partition coefficient (Wildman–Crippen LogP) is 1.97. The van der Waals surface area contributed by atoms with Crippen LogP contribution in [0.2, 0.25) is 4.18 Å². The summed E-state index contributed by atoms with van der Waals surface area (Å²) in [5.74, 6) is 0. The van der Waals surface area contributed by atoms with Gasteiger partial charge in [0.15, 0.2) is 0 Å². The zero-order valence-electron chi connectivity index (χ0n) is 3.70. The summed E-state index contributed by atoms with van der Waals surface area (Å²) in [6.07, 6.45) is 2.14. The molecule has 0 aromatic carbocycles. The molecular formula is C4H4BrClIn. The van der Waals surface area contributed by atoms with Crippen LogP contribution < -0.4 is 0 Å². The molecule has 0 fully saturated rings. The van der Waals surface area contributed by atoms with Crippen molar-refractivity contribution in [3.05, 3.63) is 11.1 Å². The fraction of sp³-hybridized carbons (Fsp3) is 0.500. The van der Waals surface area contributed by atoms with Gasteiger partial charge < -0.3 is 0 Å². The molecule has 0 aromatic heterocycles. The van der Waals surface area contributed by atoms with Crippen molar-refractivity contribution in [1.29, 1.82) is 0 Å². The van der Waals surface area contributed by atoms with Gasteiger partial charge in [-0.3, -0.25) is 0 Å². The van der Waals surface area contributed by atoms with Crippen molar-refractivity contribution in [3.8, 4) is 0 Å². The van der Waals surface area contributed by atoms with Crippen LogP contribution in [0.4, 0.5) is 0 Å². The van der Waals surface area contributed by atoms with Gasteiger partial charge >= 0.3 is 68.3 Å². The van der Waals surface area contributed by atoms with E-state index in [1.807, 2.05) is 0 Å². The van der Waals surface area contributed by atoms with Gasteiger partial charge in [-0.2, -0.15) is 0 Å². The monoisotopic (exact) mass is 281 g/mol. The third-order valence-corrected chi connectivity index (χ3v) is 8.83. The molecule has 1 atom stereocenters.